The molecular weight excluding hydrogens is 578 g/mol. The molecule has 4 unspecified atom stereocenters. The Kier molecular flexibility index (Phi) is 14.5. The summed E-state index contributed by atoms with van der Waals surface area (Å²) in [4.78, 5) is 79.8. The topological polar surface area (TPSA) is 163 Å². The number of ether oxygens (including phenoxy) is 1. The van der Waals surface area contributed by atoms with Crippen molar-refractivity contribution in [1.82, 2.24) is 26.2 Å². The van der Waals surface area contributed by atoms with Crippen LogP contribution >= 0.6 is 0 Å². The second-order valence-corrected chi connectivity index (χ2v) is 12.7. The molecule has 1 aromatic carbocycles. The van der Waals surface area contributed by atoms with E-state index in [0.717, 1.165) is 18.4 Å². The molecule has 45 heavy (non-hydrogen) atoms. The van der Waals surface area contributed by atoms with Crippen molar-refractivity contribution < 1.29 is 33.5 Å². The molecule has 5 atom stereocenters. The Morgan fingerprint density at radius 2 is 1.62 bits per heavy atom. The number of hydrogen-bond donors (Lipinski definition) is 4. The van der Waals surface area contributed by atoms with E-state index < -0.39 is 65.1 Å². The van der Waals surface area contributed by atoms with Gasteiger partial charge in [-0.1, -0.05) is 77.8 Å². The van der Waals surface area contributed by atoms with Crippen LogP contribution in [-0.4, -0.2) is 77.7 Å². The van der Waals surface area contributed by atoms with E-state index in [1.165, 1.54) is 11.8 Å². The number of esters is 1. The Balaban J connectivity index is 2.18. The van der Waals surface area contributed by atoms with Gasteiger partial charge in [0.15, 0.2) is 0 Å². The summed E-state index contributed by atoms with van der Waals surface area (Å²) < 4.78 is 5.31. The minimum absolute atomic E-state index is 0.0484. The van der Waals surface area contributed by atoms with Gasteiger partial charge in [0.1, 0.15) is 24.7 Å². The monoisotopic (exact) mass is 629 g/mol. The van der Waals surface area contributed by atoms with Gasteiger partial charge in [0.05, 0.1) is 6.04 Å². The third kappa shape index (κ3) is 11.2. The van der Waals surface area contributed by atoms with Crippen molar-refractivity contribution in [1.29, 1.82) is 0 Å². The Morgan fingerprint density at radius 3 is 2.20 bits per heavy atom. The number of nitrogens with one attached hydrogen (secondary N) is 4. The first-order valence-corrected chi connectivity index (χ1v) is 15.9. The van der Waals surface area contributed by atoms with Gasteiger partial charge in [-0.15, -0.1) is 0 Å². The van der Waals surface area contributed by atoms with Crippen LogP contribution in [0, 0.1) is 11.3 Å². The molecule has 5 amide bonds. The molecule has 2 rings (SSSR count). The maximum atomic E-state index is 14.1. The van der Waals surface area contributed by atoms with Crippen LogP contribution in [0.2, 0.25) is 0 Å². The lowest BCUT2D eigenvalue weighted by molar-refractivity contribution is -0.146. The van der Waals surface area contributed by atoms with E-state index >= 15 is 0 Å². The van der Waals surface area contributed by atoms with E-state index in [1.807, 2.05) is 44.2 Å². The van der Waals surface area contributed by atoms with Crippen molar-refractivity contribution in [2.45, 2.75) is 111 Å². The van der Waals surface area contributed by atoms with Crippen LogP contribution < -0.4 is 21.3 Å². The third-order valence-corrected chi connectivity index (χ3v) is 7.76. The molecule has 12 nitrogen and oxygen atoms in total. The Hall–Kier alpha value is -3.96. The normalized spacial score (nSPS) is 18.2. The fraction of sp³-hybridized carbons (Fsp3) is 0.636. The van der Waals surface area contributed by atoms with Gasteiger partial charge in [-0.05, 0) is 50.0 Å². The maximum Gasteiger partial charge on any atom is 0.328 e. The zero-order chi connectivity index (χ0) is 33.7. The van der Waals surface area contributed by atoms with Crippen LogP contribution in [0.1, 0.15) is 86.1 Å². The average molecular weight is 630 g/mol. The number of carbonyl (C=O) groups is 6. The largest absolute Gasteiger partial charge is 0.459 e. The van der Waals surface area contributed by atoms with Gasteiger partial charge in [0, 0.05) is 13.1 Å². The number of Topliss-reactive ketones (excluding diaryl/α,β-unsaturated/α-hetero) is 1. The zero-order valence-electron chi connectivity index (χ0n) is 27.7. The lowest BCUT2D eigenvalue weighted by Crippen LogP contribution is -2.60. The molecule has 0 spiro atoms. The van der Waals surface area contributed by atoms with Gasteiger partial charge >= 0.3 is 12.0 Å². The van der Waals surface area contributed by atoms with Crippen molar-refractivity contribution >= 4 is 35.5 Å². The van der Waals surface area contributed by atoms with E-state index in [-0.39, 0.29) is 25.5 Å². The lowest BCUT2D eigenvalue weighted by Gasteiger charge is -2.36. The number of benzene rings is 1. The second-order valence-electron chi connectivity index (χ2n) is 12.7. The number of hydrogen-bond acceptors (Lipinski definition) is 7. The predicted molar refractivity (Wildman–Crippen MR) is 170 cm³/mol. The number of urea groups is 1. The highest BCUT2D eigenvalue weighted by atomic mass is 16.5. The van der Waals surface area contributed by atoms with Crippen molar-refractivity contribution in [2.24, 2.45) is 11.3 Å². The summed E-state index contributed by atoms with van der Waals surface area (Å²) in [5, 5.41) is 10.5. The highest BCUT2D eigenvalue weighted by molar-refractivity contribution is 6.38. The van der Waals surface area contributed by atoms with Gasteiger partial charge < -0.3 is 30.9 Å². The van der Waals surface area contributed by atoms with Crippen molar-refractivity contribution in [3.63, 3.8) is 0 Å². The molecular formula is C33H51N5O7. The molecule has 1 fully saturated rings. The number of likely N-dealkylation sites (tertiary alicyclic amines) is 1. The Morgan fingerprint density at radius 1 is 0.956 bits per heavy atom. The fourth-order valence-electron chi connectivity index (χ4n) is 5.36. The maximum absolute atomic E-state index is 14.1. The minimum Gasteiger partial charge on any atom is -0.459 e. The number of rotatable bonds is 15. The van der Waals surface area contributed by atoms with Gasteiger partial charge in [-0.3, -0.25) is 19.2 Å². The molecule has 1 saturated heterocycles. The first-order valence-electron chi connectivity index (χ1n) is 15.9. The first-order chi connectivity index (χ1) is 21.2. The van der Waals surface area contributed by atoms with Crippen molar-refractivity contribution in [2.75, 3.05) is 13.1 Å². The van der Waals surface area contributed by atoms with E-state index in [0.29, 0.717) is 19.4 Å². The predicted octanol–water partition coefficient (Wildman–Crippen LogP) is 2.84. The van der Waals surface area contributed by atoms with E-state index in [1.54, 1.807) is 27.7 Å². The molecule has 1 aliphatic rings. The van der Waals surface area contributed by atoms with Gasteiger partial charge in [0.2, 0.25) is 17.6 Å². The Bertz CT molecular complexity index is 1180. The van der Waals surface area contributed by atoms with Crippen LogP contribution in [0.3, 0.4) is 0 Å². The fourth-order valence-corrected chi connectivity index (χ4v) is 5.36. The summed E-state index contributed by atoms with van der Waals surface area (Å²) >= 11 is 0. The summed E-state index contributed by atoms with van der Waals surface area (Å²) in [7, 11) is 0. The molecule has 0 radical (unpaired) electrons. The third-order valence-electron chi connectivity index (χ3n) is 7.76. The summed E-state index contributed by atoms with van der Waals surface area (Å²) in [6, 6.07) is 4.51. The highest BCUT2D eigenvalue weighted by Crippen LogP contribution is 2.31. The molecule has 12 heteroatoms. The number of carbonyl (C=O) groups excluding carboxylic acids is 6. The van der Waals surface area contributed by atoms with Gasteiger partial charge in [0.25, 0.3) is 5.91 Å². The van der Waals surface area contributed by atoms with E-state index in [4.69, 9.17) is 4.74 Å². The quantitative estimate of drug-likeness (QED) is 0.171. The molecule has 1 aromatic rings. The molecule has 0 bridgehead atoms. The number of ketones is 1. The number of nitrogens with zero attached hydrogens (tertiary/aromatic N) is 1. The number of amides is 5. The van der Waals surface area contributed by atoms with Crippen LogP contribution in [0.5, 0.6) is 0 Å². The lowest BCUT2D eigenvalue weighted by atomic mass is 9.85. The highest BCUT2D eigenvalue weighted by Gasteiger charge is 2.45. The molecule has 250 valence electrons. The molecule has 0 aromatic heterocycles. The van der Waals surface area contributed by atoms with E-state index in [2.05, 4.69) is 21.3 Å². The standard InChI is InChI=1S/C33H51N5O7/c1-8-14-23-18-25(28(40)36-24(15-9-2)26(39)29(41)34-10-3)38(19-23)30(42)27(33(5,6)7)37-32(44)35-21(4)31(43)45-20-22-16-12-11-13-17-22/h11-13,16-17,21,23-25,27H,8-10,14-15,18-20H2,1-7H3,(H,34,41)(H,36,40)(H2,35,37,44)/t21?,23-,24?,25?,27?/m1/s1. The molecule has 1 aliphatic heterocycles. The van der Waals surface area contributed by atoms with Crippen LogP contribution in [-0.2, 0) is 35.3 Å². The van der Waals surface area contributed by atoms with E-state index in [9.17, 15) is 28.8 Å². The van der Waals surface area contributed by atoms with Crippen LogP contribution in [0.4, 0.5) is 4.79 Å². The summed E-state index contributed by atoms with van der Waals surface area (Å²) in [5.41, 5.74) is 0.0509. The first kappa shape index (κ1) is 37.2. The summed E-state index contributed by atoms with van der Waals surface area (Å²) in [6.45, 7) is 13.1. The van der Waals surface area contributed by atoms with Crippen LogP contribution in [0.25, 0.3) is 0 Å². The smallest absolute Gasteiger partial charge is 0.328 e. The number of likely N-dealkylation sites (N-methyl/N-ethyl adjacent to an activating group) is 1. The van der Waals surface area contributed by atoms with Crippen molar-refractivity contribution in [3.8, 4) is 0 Å². The minimum atomic E-state index is -1.04. The SMILES string of the molecule is CCCC(NC(=O)C1C[C@@H](CCC)CN1C(=O)C(NC(=O)NC(C)C(=O)OCc1ccccc1)C(C)(C)C)C(=O)C(=O)NCC. The molecule has 0 aliphatic carbocycles. The molecule has 4 N–H and O–H groups in total. The van der Waals surface area contributed by atoms with Crippen molar-refractivity contribution in [3.05, 3.63) is 35.9 Å². The zero-order valence-corrected chi connectivity index (χ0v) is 27.7. The molecule has 0 saturated carbocycles. The van der Waals surface area contributed by atoms with Gasteiger partial charge in [-0.2, -0.15) is 0 Å². The Labute approximate surface area is 266 Å². The van der Waals surface area contributed by atoms with Crippen LogP contribution in [0.15, 0.2) is 30.3 Å². The molecule has 1 heterocycles. The second kappa shape index (κ2) is 17.5. The summed E-state index contributed by atoms with van der Waals surface area (Å²) in [5.74, 6) is -3.03. The average Bonchev–Trinajstić information content (AvgIpc) is 3.42. The summed E-state index contributed by atoms with van der Waals surface area (Å²) in [6.07, 6.45) is 2.88. The van der Waals surface area contributed by atoms with Gasteiger partial charge in [-0.25, -0.2) is 9.59 Å².